The molecule has 0 spiro atoms. The molecule has 0 saturated carbocycles. The Labute approximate surface area is 123 Å². The average Bonchev–Trinajstić information content (AvgIpc) is 2.44. The van der Waals surface area contributed by atoms with Gasteiger partial charge in [-0.3, -0.25) is 9.59 Å². The smallest absolute Gasteiger partial charge is 0.221 e. The van der Waals surface area contributed by atoms with Gasteiger partial charge >= 0.3 is 0 Å². The fraction of sp³-hybridized carbons (Fsp3) is 0.312. The number of benzene rings is 1. The average molecular weight is 286 g/mol. The molecule has 0 atom stereocenters. The summed E-state index contributed by atoms with van der Waals surface area (Å²) in [5.74, 6) is 0.778. The van der Waals surface area contributed by atoms with Gasteiger partial charge in [-0.05, 0) is 18.1 Å². The number of anilines is 1. The minimum absolute atomic E-state index is 0.189. The summed E-state index contributed by atoms with van der Waals surface area (Å²) < 4.78 is 5.77. The predicted octanol–water partition coefficient (Wildman–Crippen LogP) is 3.04. The van der Waals surface area contributed by atoms with Gasteiger partial charge in [0.25, 0.3) is 0 Å². The second-order valence-corrected chi connectivity index (χ2v) is 5.25. The number of amides is 1. The van der Waals surface area contributed by atoms with E-state index in [-0.39, 0.29) is 11.6 Å². The highest BCUT2D eigenvalue weighted by molar-refractivity contribution is 6.02. The Hall–Kier alpha value is -2.43. The second kappa shape index (κ2) is 6.35. The van der Waals surface area contributed by atoms with Crippen molar-refractivity contribution in [3.8, 4) is 5.75 Å². The van der Waals surface area contributed by atoms with Crippen molar-refractivity contribution < 1.29 is 14.3 Å². The van der Waals surface area contributed by atoms with Gasteiger partial charge in [-0.1, -0.05) is 19.9 Å². The van der Waals surface area contributed by atoms with E-state index in [4.69, 9.17) is 4.74 Å². The van der Waals surface area contributed by atoms with Gasteiger partial charge in [0, 0.05) is 18.4 Å². The number of rotatable bonds is 5. The number of pyridine rings is 1. The van der Waals surface area contributed by atoms with Crippen LogP contribution in [0.5, 0.6) is 5.75 Å². The van der Waals surface area contributed by atoms with Crippen LogP contribution in [0.15, 0.2) is 24.3 Å². The highest BCUT2D eigenvalue weighted by Gasteiger charge is 2.11. The molecule has 2 rings (SSSR count). The summed E-state index contributed by atoms with van der Waals surface area (Å²) in [5, 5.41) is 3.49. The maximum absolute atomic E-state index is 11.3. The number of carbonyl (C=O) groups excluding carboxylic acids is 2. The first kappa shape index (κ1) is 15.0. The number of aldehydes is 1. The quantitative estimate of drug-likeness (QED) is 0.858. The first-order valence-corrected chi connectivity index (χ1v) is 6.80. The van der Waals surface area contributed by atoms with Crippen LogP contribution in [0.2, 0.25) is 0 Å². The van der Waals surface area contributed by atoms with Crippen LogP contribution in [0.1, 0.15) is 31.3 Å². The molecule has 0 radical (unpaired) electrons. The second-order valence-electron chi connectivity index (χ2n) is 5.25. The molecule has 0 unspecified atom stereocenters. The number of para-hydroxylation sites is 1. The third-order valence-electron chi connectivity index (χ3n) is 2.82. The van der Waals surface area contributed by atoms with Crippen molar-refractivity contribution in [3.63, 3.8) is 0 Å². The molecule has 0 saturated heterocycles. The number of hydrogen-bond acceptors (Lipinski definition) is 4. The molecule has 1 heterocycles. The summed E-state index contributed by atoms with van der Waals surface area (Å²) in [6.45, 7) is 6.07. The molecule has 1 amide bonds. The monoisotopic (exact) mass is 286 g/mol. The summed E-state index contributed by atoms with van der Waals surface area (Å²) in [5.41, 5.74) is 1.40. The summed E-state index contributed by atoms with van der Waals surface area (Å²) in [4.78, 5) is 26.6. The van der Waals surface area contributed by atoms with E-state index in [1.807, 2.05) is 26.0 Å². The van der Waals surface area contributed by atoms with Gasteiger partial charge in [0.05, 0.1) is 17.8 Å². The van der Waals surface area contributed by atoms with Gasteiger partial charge in [0.15, 0.2) is 6.29 Å². The molecule has 1 N–H and O–H groups in total. The number of carbonyl (C=O) groups is 2. The van der Waals surface area contributed by atoms with Gasteiger partial charge in [-0.2, -0.15) is 0 Å². The molecule has 0 bridgehead atoms. The van der Waals surface area contributed by atoms with Gasteiger partial charge in [-0.15, -0.1) is 0 Å². The summed E-state index contributed by atoms with van der Waals surface area (Å²) in [7, 11) is 0. The largest absolute Gasteiger partial charge is 0.493 e. The SMILES string of the molecule is CC(=O)Nc1cccc2c(OCC(C)C)cc(C=O)nc12. The van der Waals surface area contributed by atoms with Crippen molar-refractivity contribution in [1.29, 1.82) is 0 Å². The van der Waals surface area contributed by atoms with E-state index in [0.29, 0.717) is 35.8 Å². The lowest BCUT2D eigenvalue weighted by molar-refractivity contribution is -0.114. The molecule has 0 fully saturated rings. The number of fused-ring (bicyclic) bond motifs is 1. The molecule has 1 aromatic heterocycles. The van der Waals surface area contributed by atoms with Crippen LogP contribution in [0.4, 0.5) is 5.69 Å². The molecular weight excluding hydrogens is 268 g/mol. The molecule has 0 aliphatic carbocycles. The predicted molar refractivity (Wildman–Crippen MR) is 81.8 cm³/mol. The molecule has 21 heavy (non-hydrogen) atoms. The zero-order valence-electron chi connectivity index (χ0n) is 12.3. The molecule has 0 aliphatic heterocycles. The van der Waals surface area contributed by atoms with E-state index in [9.17, 15) is 9.59 Å². The van der Waals surface area contributed by atoms with Crippen LogP contribution in [-0.2, 0) is 4.79 Å². The minimum atomic E-state index is -0.189. The van der Waals surface area contributed by atoms with Crippen LogP contribution in [0.25, 0.3) is 10.9 Å². The maximum atomic E-state index is 11.3. The van der Waals surface area contributed by atoms with Crippen molar-refractivity contribution >= 4 is 28.8 Å². The highest BCUT2D eigenvalue weighted by atomic mass is 16.5. The third-order valence-corrected chi connectivity index (χ3v) is 2.82. The van der Waals surface area contributed by atoms with Crippen LogP contribution < -0.4 is 10.1 Å². The number of nitrogens with one attached hydrogen (secondary N) is 1. The van der Waals surface area contributed by atoms with Crippen molar-refractivity contribution in [2.75, 3.05) is 11.9 Å². The number of aromatic nitrogens is 1. The molecule has 2 aromatic rings. The lowest BCUT2D eigenvalue weighted by atomic mass is 10.1. The van der Waals surface area contributed by atoms with E-state index >= 15 is 0 Å². The minimum Gasteiger partial charge on any atom is -0.493 e. The molecular formula is C16H18N2O3. The van der Waals surface area contributed by atoms with Gasteiger partial charge in [-0.25, -0.2) is 4.98 Å². The highest BCUT2D eigenvalue weighted by Crippen LogP contribution is 2.30. The number of hydrogen-bond donors (Lipinski definition) is 1. The van der Waals surface area contributed by atoms with Crippen LogP contribution in [0.3, 0.4) is 0 Å². The van der Waals surface area contributed by atoms with Crippen molar-refractivity contribution in [2.45, 2.75) is 20.8 Å². The Morgan fingerprint density at radius 3 is 2.81 bits per heavy atom. The first-order valence-electron chi connectivity index (χ1n) is 6.80. The Morgan fingerprint density at radius 2 is 2.19 bits per heavy atom. The standard InChI is InChI=1S/C16H18N2O3/c1-10(2)9-21-15-7-12(8-19)18-16-13(15)5-4-6-14(16)17-11(3)20/h4-8,10H,9H2,1-3H3,(H,17,20). The van der Waals surface area contributed by atoms with Crippen LogP contribution in [-0.4, -0.2) is 23.8 Å². The molecule has 1 aromatic carbocycles. The lowest BCUT2D eigenvalue weighted by Gasteiger charge is -2.13. The number of nitrogens with zero attached hydrogens (tertiary/aromatic N) is 1. The van der Waals surface area contributed by atoms with Gasteiger partial charge < -0.3 is 10.1 Å². The summed E-state index contributed by atoms with van der Waals surface area (Å²) >= 11 is 0. The van der Waals surface area contributed by atoms with E-state index in [1.165, 1.54) is 6.92 Å². The van der Waals surface area contributed by atoms with E-state index in [0.717, 1.165) is 5.39 Å². The van der Waals surface area contributed by atoms with Gasteiger partial charge in [0.1, 0.15) is 11.4 Å². The Kier molecular flexibility index (Phi) is 4.52. The molecule has 5 heteroatoms. The summed E-state index contributed by atoms with van der Waals surface area (Å²) in [6, 6.07) is 7.04. The fourth-order valence-electron chi connectivity index (χ4n) is 1.96. The maximum Gasteiger partial charge on any atom is 0.221 e. The topological polar surface area (TPSA) is 68.3 Å². The molecule has 0 aliphatic rings. The zero-order chi connectivity index (χ0) is 15.4. The molecule has 5 nitrogen and oxygen atoms in total. The first-order chi connectivity index (χ1) is 10.0. The van der Waals surface area contributed by atoms with E-state index < -0.39 is 0 Å². The van der Waals surface area contributed by atoms with Crippen LogP contribution in [0, 0.1) is 5.92 Å². The third kappa shape index (κ3) is 3.56. The Morgan fingerprint density at radius 1 is 1.43 bits per heavy atom. The normalized spacial score (nSPS) is 10.7. The van der Waals surface area contributed by atoms with Crippen molar-refractivity contribution in [1.82, 2.24) is 4.98 Å². The van der Waals surface area contributed by atoms with E-state index in [1.54, 1.807) is 12.1 Å². The summed E-state index contributed by atoms with van der Waals surface area (Å²) in [6.07, 6.45) is 0.673. The van der Waals surface area contributed by atoms with Crippen molar-refractivity contribution in [3.05, 3.63) is 30.0 Å². The van der Waals surface area contributed by atoms with Crippen molar-refractivity contribution in [2.24, 2.45) is 5.92 Å². The Bertz CT molecular complexity index is 681. The zero-order valence-corrected chi connectivity index (χ0v) is 12.3. The lowest BCUT2D eigenvalue weighted by Crippen LogP contribution is -2.08. The fourth-order valence-corrected chi connectivity index (χ4v) is 1.96. The van der Waals surface area contributed by atoms with Crippen LogP contribution >= 0.6 is 0 Å². The molecule has 110 valence electrons. The Balaban J connectivity index is 2.57. The van der Waals surface area contributed by atoms with Gasteiger partial charge in [0.2, 0.25) is 5.91 Å². The van der Waals surface area contributed by atoms with E-state index in [2.05, 4.69) is 10.3 Å². The number of ether oxygens (including phenoxy) is 1.